The molecule has 0 bridgehead atoms. The summed E-state index contributed by atoms with van der Waals surface area (Å²) in [6, 6.07) is 6.35. The van der Waals surface area contributed by atoms with E-state index in [0.717, 1.165) is 0 Å². The van der Waals surface area contributed by atoms with Gasteiger partial charge in [0.2, 0.25) is 0 Å². The molecule has 0 aromatic heterocycles. The molecule has 1 aromatic rings. The van der Waals surface area contributed by atoms with Gasteiger partial charge in [-0.1, -0.05) is 26.0 Å². The van der Waals surface area contributed by atoms with Gasteiger partial charge in [-0.05, 0) is 18.1 Å². The van der Waals surface area contributed by atoms with E-state index in [2.05, 4.69) is 0 Å². The monoisotopic (exact) mass is 256 g/mol. The van der Waals surface area contributed by atoms with E-state index in [4.69, 9.17) is 19.7 Å². The molecule has 6 nitrogen and oxygen atoms in total. The maximum atomic E-state index is 11.4. The lowest BCUT2D eigenvalue weighted by Crippen LogP contribution is -2.10. The molecule has 0 aliphatic heterocycles. The van der Waals surface area contributed by atoms with Crippen LogP contribution in [0.4, 0.5) is 4.79 Å². The van der Waals surface area contributed by atoms with Gasteiger partial charge in [0.15, 0.2) is 0 Å². The van der Waals surface area contributed by atoms with Crippen LogP contribution in [0.3, 0.4) is 0 Å². The largest absolute Gasteiger partial charge is 0.507 e. The van der Waals surface area contributed by atoms with Crippen LogP contribution in [0.2, 0.25) is 0 Å². The summed E-state index contributed by atoms with van der Waals surface area (Å²) >= 11 is 0. The van der Waals surface area contributed by atoms with Gasteiger partial charge in [0.05, 0.1) is 6.61 Å². The van der Waals surface area contributed by atoms with Crippen molar-refractivity contribution in [2.45, 2.75) is 13.8 Å². The summed E-state index contributed by atoms with van der Waals surface area (Å²) in [5.41, 5.74) is 0.216. The molecule has 0 aliphatic carbocycles. The zero-order valence-electron chi connectivity index (χ0n) is 10.2. The first-order valence-electron chi connectivity index (χ1n) is 5.21. The minimum Gasteiger partial charge on any atom is -0.507 e. The van der Waals surface area contributed by atoms with Crippen molar-refractivity contribution < 1.29 is 29.6 Å². The SMILES string of the molecule is CC(C)COC(=O)c1ccccc1O.O=C(O)O. The molecule has 0 saturated heterocycles. The van der Waals surface area contributed by atoms with Crippen molar-refractivity contribution >= 4 is 12.1 Å². The molecule has 0 radical (unpaired) electrons. The van der Waals surface area contributed by atoms with Crippen molar-refractivity contribution in [1.82, 2.24) is 0 Å². The lowest BCUT2D eigenvalue weighted by Gasteiger charge is -2.07. The summed E-state index contributed by atoms with van der Waals surface area (Å²) in [6.07, 6.45) is -1.83. The zero-order chi connectivity index (χ0) is 14.1. The van der Waals surface area contributed by atoms with Gasteiger partial charge in [-0.3, -0.25) is 0 Å². The van der Waals surface area contributed by atoms with Crippen molar-refractivity contribution in [2.75, 3.05) is 6.61 Å². The normalized spacial score (nSPS) is 9.28. The Morgan fingerprint density at radius 2 is 1.72 bits per heavy atom. The average molecular weight is 256 g/mol. The molecule has 1 aromatic carbocycles. The topological polar surface area (TPSA) is 104 Å². The Kier molecular flexibility index (Phi) is 6.95. The van der Waals surface area contributed by atoms with Crippen LogP contribution < -0.4 is 0 Å². The van der Waals surface area contributed by atoms with E-state index in [1.54, 1.807) is 12.1 Å². The van der Waals surface area contributed by atoms with E-state index in [9.17, 15) is 9.90 Å². The fourth-order valence-electron chi connectivity index (χ4n) is 0.966. The number of hydrogen-bond acceptors (Lipinski definition) is 4. The first-order chi connectivity index (χ1) is 8.34. The van der Waals surface area contributed by atoms with E-state index in [0.29, 0.717) is 12.5 Å². The van der Waals surface area contributed by atoms with Crippen molar-refractivity contribution in [3.8, 4) is 5.75 Å². The number of carbonyl (C=O) groups excluding carboxylic acids is 1. The molecule has 1 rings (SSSR count). The molecule has 100 valence electrons. The Morgan fingerprint density at radius 3 is 2.17 bits per heavy atom. The van der Waals surface area contributed by atoms with E-state index in [1.807, 2.05) is 13.8 Å². The standard InChI is InChI=1S/C11H14O3.CH2O3/c1-8(2)7-14-11(13)9-5-3-4-6-10(9)12;2-1(3)4/h3-6,8,12H,7H2,1-2H3;(H2,2,3,4). The minimum absolute atomic E-state index is 0.0405. The number of ether oxygens (including phenoxy) is 1. The highest BCUT2D eigenvalue weighted by Gasteiger charge is 2.11. The number of aromatic hydroxyl groups is 1. The maximum absolute atomic E-state index is 11.4. The predicted molar refractivity (Wildman–Crippen MR) is 63.9 cm³/mol. The van der Waals surface area contributed by atoms with Gasteiger partial charge >= 0.3 is 12.1 Å². The number of esters is 1. The summed E-state index contributed by atoms with van der Waals surface area (Å²) in [7, 11) is 0. The lowest BCUT2D eigenvalue weighted by molar-refractivity contribution is 0.0455. The molecule has 18 heavy (non-hydrogen) atoms. The van der Waals surface area contributed by atoms with E-state index in [-0.39, 0.29) is 11.3 Å². The van der Waals surface area contributed by atoms with E-state index in [1.165, 1.54) is 12.1 Å². The number of phenols is 1. The van der Waals surface area contributed by atoms with Crippen molar-refractivity contribution in [3.63, 3.8) is 0 Å². The smallest absolute Gasteiger partial charge is 0.503 e. The number of rotatable bonds is 3. The third kappa shape index (κ3) is 7.10. The molecule has 3 N–H and O–H groups in total. The van der Waals surface area contributed by atoms with Gasteiger partial charge in [-0.25, -0.2) is 9.59 Å². The Balaban J connectivity index is 0.000000631. The highest BCUT2D eigenvalue weighted by atomic mass is 16.6. The molecule has 0 saturated carbocycles. The predicted octanol–water partition coefficient (Wildman–Crippen LogP) is 2.43. The second kappa shape index (κ2) is 7.94. The molecule has 0 heterocycles. The van der Waals surface area contributed by atoms with Gasteiger partial charge in [0.25, 0.3) is 0 Å². The summed E-state index contributed by atoms with van der Waals surface area (Å²) in [6.45, 7) is 4.28. The third-order valence-corrected chi connectivity index (χ3v) is 1.67. The van der Waals surface area contributed by atoms with E-state index < -0.39 is 12.1 Å². The quantitative estimate of drug-likeness (QED) is 0.717. The summed E-state index contributed by atoms with van der Waals surface area (Å²) in [4.78, 5) is 19.9. The number of para-hydroxylation sites is 1. The molecule has 6 heteroatoms. The Bertz CT molecular complexity index is 395. The molecule has 0 amide bonds. The second-order valence-corrected chi connectivity index (χ2v) is 3.79. The summed E-state index contributed by atoms with van der Waals surface area (Å²) in [5.74, 6) is -0.220. The zero-order valence-corrected chi connectivity index (χ0v) is 10.2. The van der Waals surface area contributed by atoms with Gasteiger partial charge in [-0.2, -0.15) is 0 Å². The van der Waals surface area contributed by atoms with Gasteiger partial charge < -0.3 is 20.1 Å². The highest BCUT2D eigenvalue weighted by Crippen LogP contribution is 2.16. The Morgan fingerprint density at radius 1 is 1.22 bits per heavy atom. The first-order valence-corrected chi connectivity index (χ1v) is 5.21. The van der Waals surface area contributed by atoms with E-state index >= 15 is 0 Å². The number of hydrogen-bond donors (Lipinski definition) is 3. The number of benzene rings is 1. The fourth-order valence-corrected chi connectivity index (χ4v) is 0.966. The van der Waals surface area contributed by atoms with Crippen LogP contribution in [0.5, 0.6) is 5.75 Å². The summed E-state index contributed by atoms with van der Waals surface area (Å²) < 4.78 is 4.97. The lowest BCUT2D eigenvalue weighted by atomic mass is 10.2. The highest BCUT2D eigenvalue weighted by molar-refractivity contribution is 5.92. The van der Waals surface area contributed by atoms with Crippen LogP contribution in [0.25, 0.3) is 0 Å². The minimum atomic E-state index is -1.83. The van der Waals surface area contributed by atoms with Crippen molar-refractivity contribution in [2.24, 2.45) is 5.92 Å². The Labute approximate surface area is 104 Å². The number of carboxylic acid groups (broad SMARTS) is 2. The molecular weight excluding hydrogens is 240 g/mol. The van der Waals surface area contributed by atoms with Crippen LogP contribution in [0, 0.1) is 5.92 Å². The van der Waals surface area contributed by atoms with Gasteiger partial charge in [0, 0.05) is 0 Å². The molecule has 0 fully saturated rings. The second-order valence-electron chi connectivity index (χ2n) is 3.79. The van der Waals surface area contributed by atoms with Crippen molar-refractivity contribution in [3.05, 3.63) is 29.8 Å². The van der Waals surface area contributed by atoms with Crippen LogP contribution >= 0.6 is 0 Å². The van der Waals surface area contributed by atoms with Crippen molar-refractivity contribution in [1.29, 1.82) is 0 Å². The van der Waals surface area contributed by atoms with Crippen LogP contribution in [-0.4, -0.2) is 34.1 Å². The van der Waals surface area contributed by atoms with Gasteiger partial charge in [0.1, 0.15) is 11.3 Å². The third-order valence-electron chi connectivity index (χ3n) is 1.67. The Hall–Kier alpha value is -2.24. The molecule has 0 spiro atoms. The van der Waals surface area contributed by atoms with Crippen LogP contribution in [0.15, 0.2) is 24.3 Å². The van der Waals surface area contributed by atoms with Crippen LogP contribution in [-0.2, 0) is 4.74 Å². The molecule has 0 aliphatic rings. The van der Waals surface area contributed by atoms with Gasteiger partial charge in [-0.15, -0.1) is 0 Å². The van der Waals surface area contributed by atoms with Crippen LogP contribution in [0.1, 0.15) is 24.2 Å². The number of carbonyl (C=O) groups is 2. The summed E-state index contributed by atoms with van der Waals surface area (Å²) in [5, 5.41) is 23.3. The fraction of sp³-hybridized carbons (Fsp3) is 0.333. The molecule has 0 unspecified atom stereocenters. The average Bonchev–Trinajstić information content (AvgIpc) is 2.25. The maximum Gasteiger partial charge on any atom is 0.503 e. The first kappa shape index (κ1) is 15.8. The molecule has 0 atom stereocenters. The number of phenolic OH excluding ortho intramolecular Hbond substituents is 1. The molecular formula is C12H16O6.